The van der Waals surface area contributed by atoms with E-state index in [0.29, 0.717) is 6.42 Å². The zero-order valence-corrected chi connectivity index (χ0v) is 23.6. The number of halogens is 2. The van der Waals surface area contributed by atoms with E-state index in [2.05, 4.69) is 0 Å². The number of ketones is 1. The summed E-state index contributed by atoms with van der Waals surface area (Å²) >= 11 is 0. The van der Waals surface area contributed by atoms with Crippen molar-refractivity contribution in [1.29, 1.82) is 0 Å². The Hall–Kier alpha value is -3.65. The minimum absolute atomic E-state index is 0.000960. The average molecular weight is 577 g/mol. The summed E-state index contributed by atoms with van der Waals surface area (Å²) in [5.74, 6) is -4.38. The predicted octanol–water partition coefficient (Wildman–Crippen LogP) is 5.58. The van der Waals surface area contributed by atoms with Gasteiger partial charge in [0.25, 0.3) is 0 Å². The number of aliphatic carboxylic acids is 1. The highest BCUT2D eigenvalue weighted by molar-refractivity contribution is 6.01. The van der Waals surface area contributed by atoms with Crippen LogP contribution in [0, 0.1) is 22.7 Å². The summed E-state index contributed by atoms with van der Waals surface area (Å²) in [6.07, 6.45) is 0.481. The Morgan fingerprint density at radius 3 is 2.36 bits per heavy atom. The maximum absolute atomic E-state index is 17.3. The number of carboxylic acid groups (broad SMARTS) is 1. The molecule has 0 radical (unpaired) electrons. The Morgan fingerprint density at radius 1 is 1.02 bits per heavy atom. The molecule has 0 spiro atoms. The second kappa shape index (κ2) is 9.69. The lowest BCUT2D eigenvalue weighted by Crippen LogP contribution is -2.70. The lowest BCUT2D eigenvalue weighted by Gasteiger charge is -2.62. The summed E-state index contributed by atoms with van der Waals surface area (Å²) in [6.45, 7) is 3.10. The Morgan fingerprint density at radius 2 is 1.69 bits per heavy atom. The molecular weight excluding hydrogens is 542 g/mol. The number of hydrogen-bond acceptors (Lipinski definition) is 5. The fourth-order valence-corrected chi connectivity index (χ4v) is 8.56. The van der Waals surface area contributed by atoms with Crippen molar-refractivity contribution in [2.24, 2.45) is 22.7 Å². The lowest BCUT2D eigenvalue weighted by atomic mass is 9.44. The number of carboxylic acids is 1. The summed E-state index contributed by atoms with van der Waals surface area (Å²) in [5, 5.41) is 22.0. The van der Waals surface area contributed by atoms with Gasteiger partial charge in [-0.3, -0.25) is 4.79 Å². The quantitative estimate of drug-likeness (QED) is 0.451. The largest absolute Gasteiger partial charge is 0.478 e. The van der Waals surface area contributed by atoms with Gasteiger partial charge in [-0.1, -0.05) is 55.5 Å². The number of fused-ring (bicyclic) bond motifs is 5. The van der Waals surface area contributed by atoms with Crippen LogP contribution in [0.2, 0.25) is 0 Å². The van der Waals surface area contributed by atoms with Crippen LogP contribution in [0.15, 0.2) is 78.4 Å². The summed E-state index contributed by atoms with van der Waals surface area (Å²) in [6, 6.07) is 16.6. The second-order valence-corrected chi connectivity index (χ2v) is 12.8. The number of hydrogen-bond donors (Lipinski definition) is 2. The molecular formula is C34H34F2O6. The lowest BCUT2D eigenvalue weighted by molar-refractivity contribution is -0.226. The van der Waals surface area contributed by atoms with Crippen LogP contribution in [0.25, 0.3) is 0 Å². The molecule has 220 valence electrons. The van der Waals surface area contributed by atoms with Crippen molar-refractivity contribution in [2.45, 2.75) is 69.5 Å². The molecule has 8 atom stereocenters. The van der Waals surface area contributed by atoms with Crippen molar-refractivity contribution in [2.75, 3.05) is 0 Å². The van der Waals surface area contributed by atoms with E-state index in [1.165, 1.54) is 19.1 Å². The SMILES string of the molecule is C[C@]12C=CC(=O)C=C1[C@@H](F)C[C@H]1[C@@H]3CC[C@@](OC(=O)c4ccc(Cc5ccccc5)cc4)(C(=O)O)[C@@]3(C)C[C@H](O)C12F. The van der Waals surface area contributed by atoms with E-state index in [1.807, 2.05) is 30.3 Å². The molecule has 0 heterocycles. The Bertz CT molecular complexity index is 1500. The fourth-order valence-electron chi connectivity index (χ4n) is 8.56. The molecule has 3 fully saturated rings. The number of carbonyl (C=O) groups is 3. The smallest absolute Gasteiger partial charge is 0.348 e. The molecule has 2 aromatic rings. The molecule has 4 aliphatic carbocycles. The number of esters is 1. The first kappa shape index (κ1) is 28.5. The predicted molar refractivity (Wildman–Crippen MR) is 150 cm³/mol. The van der Waals surface area contributed by atoms with Gasteiger partial charge in [0, 0.05) is 16.7 Å². The number of aliphatic hydroxyl groups is 1. The molecule has 2 aromatic carbocycles. The van der Waals surface area contributed by atoms with Crippen molar-refractivity contribution >= 4 is 17.7 Å². The average Bonchev–Trinajstić information content (AvgIpc) is 3.24. The maximum Gasteiger partial charge on any atom is 0.348 e. The molecule has 8 heteroatoms. The van der Waals surface area contributed by atoms with E-state index in [-0.39, 0.29) is 36.8 Å². The first-order valence-electron chi connectivity index (χ1n) is 14.4. The van der Waals surface area contributed by atoms with Crippen molar-refractivity contribution in [3.8, 4) is 0 Å². The zero-order valence-electron chi connectivity index (χ0n) is 23.6. The van der Waals surface area contributed by atoms with Crippen LogP contribution in [0.4, 0.5) is 8.78 Å². The van der Waals surface area contributed by atoms with Crippen LogP contribution >= 0.6 is 0 Å². The second-order valence-electron chi connectivity index (χ2n) is 12.8. The van der Waals surface area contributed by atoms with Crippen molar-refractivity contribution in [3.05, 3.63) is 95.1 Å². The van der Waals surface area contributed by atoms with Gasteiger partial charge in [0.2, 0.25) is 5.60 Å². The van der Waals surface area contributed by atoms with E-state index in [0.717, 1.165) is 17.2 Å². The normalized spacial score (nSPS) is 38.6. The van der Waals surface area contributed by atoms with Gasteiger partial charge in [-0.25, -0.2) is 18.4 Å². The molecule has 4 aliphatic rings. The molecule has 0 saturated heterocycles. The summed E-state index contributed by atoms with van der Waals surface area (Å²) in [4.78, 5) is 38.4. The van der Waals surface area contributed by atoms with Gasteiger partial charge >= 0.3 is 11.9 Å². The molecule has 0 amide bonds. The molecule has 42 heavy (non-hydrogen) atoms. The molecule has 1 unspecified atom stereocenters. The number of carbonyl (C=O) groups excluding carboxylic acids is 2. The molecule has 6 nitrogen and oxygen atoms in total. The molecule has 0 aliphatic heterocycles. The Kier molecular flexibility index (Phi) is 6.57. The molecule has 0 bridgehead atoms. The van der Waals surface area contributed by atoms with E-state index in [1.54, 1.807) is 31.2 Å². The third-order valence-electron chi connectivity index (χ3n) is 10.8. The van der Waals surface area contributed by atoms with Gasteiger partial charge in [0.05, 0.1) is 11.7 Å². The Labute approximate surface area is 243 Å². The van der Waals surface area contributed by atoms with Crippen LogP contribution in [-0.2, 0) is 20.7 Å². The first-order chi connectivity index (χ1) is 19.9. The number of aliphatic hydroxyl groups excluding tert-OH is 1. The highest BCUT2D eigenvalue weighted by atomic mass is 19.1. The minimum Gasteiger partial charge on any atom is -0.478 e. The van der Waals surface area contributed by atoms with Crippen LogP contribution in [0.5, 0.6) is 0 Å². The number of ether oxygens (including phenoxy) is 1. The number of alkyl halides is 2. The number of allylic oxidation sites excluding steroid dienone is 4. The van der Waals surface area contributed by atoms with Gasteiger partial charge in [0.15, 0.2) is 11.5 Å². The molecule has 2 N–H and O–H groups in total. The Balaban J connectivity index is 1.30. The highest BCUT2D eigenvalue weighted by Gasteiger charge is 2.77. The zero-order chi connectivity index (χ0) is 30.1. The molecule has 3 saturated carbocycles. The number of benzene rings is 2. The van der Waals surface area contributed by atoms with Crippen LogP contribution in [0.3, 0.4) is 0 Å². The van der Waals surface area contributed by atoms with Crippen molar-refractivity contribution in [3.63, 3.8) is 0 Å². The minimum atomic E-state index is -2.34. The first-order valence-corrected chi connectivity index (χ1v) is 14.4. The highest BCUT2D eigenvalue weighted by Crippen LogP contribution is 2.70. The third kappa shape index (κ3) is 3.87. The topological polar surface area (TPSA) is 101 Å². The van der Waals surface area contributed by atoms with E-state index >= 15 is 8.78 Å². The standard InChI is InChI=1S/C34H34F2O6/c1-31-14-12-23(37)17-26(31)27(35)18-25-24-13-15-33(30(40)41,32(24,2)19-28(38)34(25,31)36)42-29(39)22-10-8-21(9-11-22)16-20-6-4-3-5-7-20/h3-12,14,17,24-25,27-28,38H,13,15-16,18-19H2,1-2H3,(H,40,41)/t24-,25-,27-,28-,31-,32-,33+,34?/m0/s1. The molecule has 6 rings (SSSR count). The van der Waals surface area contributed by atoms with Gasteiger partial charge in [0.1, 0.15) is 6.17 Å². The van der Waals surface area contributed by atoms with E-state index in [4.69, 9.17) is 4.74 Å². The molecule has 0 aromatic heterocycles. The van der Waals surface area contributed by atoms with Crippen LogP contribution in [-0.4, -0.2) is 51.5 Å². The summed E-state index contributed by atoms with van der Waals surface area (Å²) in [5.41, 5.74) is -5.07. The van der Waals surface area contributed by atoms with Gasteiger partial charge in [-0.2, -0.15) is 0 Å². The summed E-state index contributed by atoms with van der Waals surface area (Å²) in [7, 11) is 0. The van der Waals surface area contributed by atoms with E-state index < -0.39 is 63.9 Å². The fraction of sp³-hybridized carbons (Fsp3) is 0.441. The van der Waals surface area contributed by atoms with Crippen molar-refractivity contribution < 1.29 is 38.1 Å². The van der Waals surface area contributed by atoms with Crippen LogP contribution < -0.4 is 0 Å². The van der Waals surface area contributed by atoms with E-state index in [9.17, 15) is 24.6 Å². The van der Waals surface area contributed by atoms with Crippen molar-refractivity contribution in [1.82, 2.24) is 0 Å². The third-order valence-corrected chi connectivity index (χ3v) is 10.8. The maximum atomic E-state index is 17.3. The monoisotopic (exact) mass is 576 g/mol. The van der Waals surface area contributed by atoms with Gasteiger partial charge < -0.3 is 14.9 Å². The summed E-state index contributed by atoms with van der Waals surface area (Å²) < 4.78 is 38.9. The van der Waals surface area contributed by atoms with Gasteiger partial charge in [-0.05, 0) is 85.9 Å². The van der Waals surface area contributed by atoms with Crippen LogP contribution in [0.1, 0.15) is 61.0 Å². The number of rotatable bonds is 5. The van der Waals surface area contributed by atoms with Gasteiger partial charge in [-0.15, -0.1) is 0 Å².